The van der Waals surface area contributed by atoms with Gasteiger partial charge in [-0.05, 0) is 38.5 Å². The molecule has 1 heterocycles. The van der Waals surface area contributed by atoms with Crippen LogP contribution in [0.4, 0.5) is 5.69 Å². The van der Waals surface area contributed by atoms with Gasteiger partial charge < -0.3 is 10.5 Å². The molecule has 0 saturated heterocycles. The van der Waals surface area contributed by atoms with Crippen LogP contribution in [-0.2, 0) is 6.54 Å². The van der Waals surface area contributed by atoms with Crippen molar-refractivity contribution in [3.8, 4) is 5.75 Å². The molecule has 0 saturated carbocycles. The summed E-state index contributed by atoms with van der Waals surface area (Å²) >= 11 is 0. The zero-order chi connectivity index (χ0) is 14.5. The number of aromatic nitrogens is 2. The SMILES string of the molecule is Cc1cc(C)n(CCCOc2cccc(N)c2)c(=O)n1. The molecule has 2 rings (SSSR count). The van der Waals surface area contributed by atoms with Crippen LogP contribution >= 0.6 is 0 Å². The second-order valence-electron chi connectivity index (χ2n) is 4.75. The van der Waals surface area contributed by atoms with Gasteiger partial charge >= 0.3 is 5.69 Å². The summed E-state index contributed by atoms with van der Waals surface area (Å²) in [7, 11) is 0. The van der Waals surface area contributed by atoms with E-state index in [4.69, 9.17) is 10.5 Å². The molecule has 2 aromatic rings. The number of rotatable bonds is 5. The van der Waals surface area contributed by atoms with Crippen molar-refractivity contribution in [2.75, 3.05) is 12.3 Å². The summed E-state index contributed by atoms with van der Waals surface area (Å²) in [6, 6.07) is 9.21. The molecule has 2 N–H and O–H groups in total. The van der Waals surface area contributed by atoms with E-state index in [0.29, 0.717) is 18.8 Å². The van der Waals surface area contributed by atoms with Gasteiger partial charge in [0.1, 0.15) is 5.75 Å². The number of nitrogens with zero attached hydrogens (tertiary/aromatic N) is 2. The van der Waals surface area contributed by atoms with Crippen molar-refractivity contribution in [2.24, 2.45) is 0 Å². The summed E-state index contributed by atoms with van der Waals surface area (Å²) in [4.78, 5) is 15.7. The van der Waals surface area contributed by atoms with Crippen molar-refractivity contribution in [2.45, 2.75) is 26.8 Å². The van der Waals surface area contributed by atoms with Gasteiger partial charge in [-0.3, -0.25) is 4.57 Å². The molecule has 0 unspecified atom stereocenters. The minimum absolute atomic E-state index is 0.202. The summed E-state index contributed by atoms with van der Waals surface area (Å²) in [5.41, 5.74) is 7.82. The van der Waals surface area contributed by atoms with E-state index in [1.54, 1.807) is 10.6 Å². The minimum Gasteiger partial charge on any atom is -0.493 e. The predicted octanol–water partition coefficient (Wildman–Crippen LogP) is 1.91. The third-order valence-electron chi connectivity index (χ3n) is 3.00. The van der Waals surface area contributed by atoms with Crippen molar-refractivity contribution in [3.05, 3.63) is 52.2 Å². The van der Waals surface area contributed by atoms with Gasteiger partial charge in [0.25, 0.3) is 0 Å². The molecule has 0 amide bonds. The molecule has 20 heavy (non-hydrogen) atoms. The van der Waals surface area contributed by atoms with E-state index in [-0.39, 0.29) is 5.69 Å². The summed E-state index contributed by atoms with van der Waals surface area (Å²) in [6.07, 6.45) is 0.736. The van der Waals surface area contributed by atoms with Crippen LogP contribution in [0, 0.1) is 13.8 Å². The van der Waals surface area contributed by atoms with Crippen LogP contribution in [0.2, 0.25) is 0 Å². The molecule has 5 heteroatoms. The van der Waals surface area contributed by atoms with Crippen LogP contribution in [-0.4, -0.2) is 16.2 Å². The molecule has 0 radical (unpaired) electrons. The first-order valence-electron chi connectivity index (χ1n) is 6.59. The quantitative estimate of drug-likeness (QED) is 0.667. The lowest BCUT2D eigenvalue weighted by atomic mass is 10.3. The predicted molar refractivity (Wildman–Crippen MR) is 78.9 cm³/mol. The average Bonchev–Trinajstić information content (AvgIpc) is 2.36. The van der Waals surface area contributed by atoms with E-state index in [2.05, 4.69) is 4.98 Å². The highest BCUT2D eigenvalue weighted by molar-refractivity contribution is 5.43. The Bertz CT molecular complexity index is 650. The molecule has 0 atom stereocenters. The van der Waals surface area contributed by atoms with E-state index in [9.17, 15) is 4.79 Å². The number of hydrogen-bond acceptors (Lipinski definition) is 4. The van der Waals surface area contributed by atoms with Crippen molar-refractivity contribution in [1.29, 1.82) is 0 Å². The lowest BCUT2D eigenvalue weighted by Gasteiger charge is -2.10. The normalized spacial score (nSPS) is 10.5. The lowest BCUT2D eigenvalue weighted by Crippen LogP contribution is -2.26. The number of ether oxygens (including phenoxy) is 1. The number of aryl methyl sites for hydroxylation is 2. The van der Waals surface area contributed by atoms with E-state index in [1.165, 1.54) is 0 Å². The maximum Gasteiger partial charge on any atom is 0.347 e. The van der Waals surface area contributed by atoms with Gasteiger partial charge in [0.2, 0.25) is 0 Å². The first-order valence-corrected chi connectivity index (χ1v) is 6.59. The van der Waals surface area contributed by atoms with E-state index in [1.807, 2.05) is 38.1 Å². The molecular formula is C15H19N3O2. The Morgan fingerprint density at radius 1 is 1.30 bits per heavy atom. The standard InChI is InChI=1S/C15H19N3O2/c1-11-9-12(2)18(15(19)17-11)7-4-8-20-14-6-3-5-13(16)10-14/h3,5-6,9-10H,4,7-8,16H2,1-2H3. The van der Waals surface area contributed by atoms with E-state index < -0.39 is 0 Å². The Hall–Kier alpha value is -2.30. The molecule has 1 aromatic heterocycles. The molecular weight excluding hydrogens is 254 g/mol. The molecule has 0 aliphatic heterocycles. The van der Waals surface area contributed by atoms with Gasteiger partial charge in [0.15, 0.2) is 0 Å². The van der Waals surface area contributed by atoms with Gasteiger partial charge in [-0.1, -0.05) is 6.07 Å². The largest absolute Gasteiger partial charge is 0.493 e. The minimum atomic E-state index is -0.202. The fourth-order valence-corrected chi connectivity index (χ4v) is 2.06. The summed E-state index contributed by atoms with van der Waals surface area (Å²) in [5.74, 6) is 0.746. The fourth-order valence-electron chi connectivity index (χ4n) is 2.06. The molecule has 106 valence electrons. The molecule has 0 aliphatic rings. The van der Waals surface area contributed by atoms with Gasteiger partial charge in [0.05, 0.1) is 6.61 Å². The van der Waals surface area contributed by atoms with Crippen LogP contribution < -0.4 is 16.2 Å². The molecule has 1 aromatic carbocycles. The van der Waals surface area contributed by atoms with Crippen molar-refractivity contribution in [1.82, 2.24) is 9.55 Å². The Morgan fingerprint density at radius 3 is 2.80 bits per heavy atom. The number of nitrogen functional groups attached to an aromatic ring is 1. The van der Waals surface area contributed by atoms with Gasteiger partial charge in [-0.25, -0.2) is 4.79 Å². The molecule has 0 bridgehead atoms. The van der Waals surface area contributed by atoms with Crippen LogP contribution in [0.1, 0.15) is 17.8 Å². The second kappa shape index (κ2) is 6.23. The molecule has 0 fully saturated rings. The zero-order valence-corrected chi connectivity index (χ0v) is 11.8. The number of anilines is 1. The molecule has 0 aliphatic carbocycles. The average molecular weight is 273 g/mol. The summed E-state index contributed by atoms with van der Waals surface area (Å²) in [6.45, 7) is 4.86. The first kappa shape index (κ1) is 14.1. The Labute approximate surface area is 118 Å². The van der Waals surface area contributed by atoms with Crippen LogP contribution in [0.25, 0.3) is 0 Å². The van der Waals surface area contributed by atoms with Crippen LogP contribution in [0.3, 0.4) is 0 Å². The Morgan fingerprint density at radius 2 is 2.10 bits per heavy atom. The van der Waals surface area contributed by atoms with E-state index >= 15 is 0 Å². The van der Waals surface area contributed by atoms with Crippen LogP contribution in [0.15, 0.2) is 35.1 Å². The van der Waals surface area contributed by atoms with Crippen LogP contribution in [0.5, 0.6) is 5.75 Å². The third-order valence-corrected chi connectivity index (χ3v) is 3.00. The smallest absolute Gasteiger partial charge is 0.347 e. The summed E-state index contributed by atoms with van der Waals surface area (Å²) < 4.78 is 7.26. The maximum atomic E-state index is 11.8. The van der Waals surface area contributed by atoms with Gasteiger partial charge in [-0.15, -0.1) is 0 Å². The maximum absolute atomic E-state index is 11.8. The van der Waals surface area contributed by atoms with Gasteiger partial charge in [-0.2, -0.15) is 4.98 Å². The highest BCUT2D eigenvalue weighted by Crippen LogP contribution is 2.14. The number of benzene rings is 1. The third kappa shape index (κ3) is 3.60. The second-order valence-corrected chi connectivity index (χ2v) is 4.75. The zero-order valence-electron chi connectivity index (χ0n) is 11.8. The topological polar surface area (TPSA) is 70.1 Å². The number of nitrogens with two attached hydrogens (primary N) is 1. The van der Waals surface area contributed by atoms with Crippen molar-refractivity contribution in [3.63, 3.8) is 0 Å². The Balaban J connectivity index is 1.89. The lowest BCUT2D eigenvalue weighted by molar-refractivity contribution is 0.300. The Kier molecular flexibility index (Phi) is 4.40. The van der Waals surface area contributed by atoms with Crippen molar-refractivity contribution < 1.29 is 4.74 Å². The summed E-state index contributed by atoms with van der Waals surface area (Å²) in [5, 5.41) is 0. The number of hydrogen-bond donors (Lipinski definition) is 1. The van der Waals surface area contributed by atoms with Crippen molar-refractivity contribution >= 4 is 5.69 Å². The first-order chi connectivity index (χ1) is 9.56. The monoisotopic (exact) mass is 273 g/mol. The highest BCUT2D eigenvalue weighted by Gasteiger charge is 2.03. The van der Waals surface area contributed by atoms with E-state index in [0.717, 1.165) is 23.6 Å². The highest BCUT2D eigenvalue weighted by atomic mass is 16.5. The molecule has 5 nitrogen and oxygen atoms in total. The fraction of sp³-hybridized carbons (Fsp3) is 0.333. The molecule has 0 spiro atoms. The van der Waals surface area contributed by atoms with Gasteiger partial charge in [0, 0.05) is 29.7 Å².